The van der Waals surface area contributed by atoms with Crippen molar-refractivity contribution in [2.45, 2.75) is 19.0 Å². The van der Waals surface area contributed by atoms with Gasteiger partial charge >= 0.3 is 0 Å². The smallest absolute Gasteiger partial charge is 0.170 e. The van der Waals surface area contributed by atoms with Crippen molar-refractivity contribution in [3.8, 4) is 0 Å². The number of H-pyrrole nitrogens is 1. The predicted molar refractivity (Wildman–Crippen MR) is 84.8 cm³/mol. The zero-order valence-corrected chi connectivity index (χ0v) is 12.6. The van der Waals surface area contributed by atoms with Crippen molar-refractivity contribution in [1.82, 2.24) is 20.2 Å². The third-order valence-electron chi connectivity index (χ3n) is 3.71. The molecule has 3 N–H and O–H groups in total. The van der Waals surface area contributed by atoms with Gasteiger partial charge < -0.3 is 20.3 Å². The molecule has 1 aliphatic rings. The van der Waals surface area contributed by atoms with Crippen LogP contribution < -0.4 is 5.32 Å². The van der Waals surface area contributed by atoms with Gasteiger partial charge in [0.25, 0.3) is 0 Å². The van der Waals surface area contributed by atoms with Crippen LogP contribution in [0.2, 0.25) is 0 Å². The highest BCUT2D eigenvalue weighted by atomic mass is 32.1. The quantitative estimate of drug-likeness (QED) is 0.750. The van der Waals surface area contributed by atoms with Gasteiger partial charge in [-0.3, -0.25) is 4.98 Å². The normalized spacial score (nSPS) is 21.6. The Kier molecular flexibility index (Phi) is 3.90. The summed E-state index contributed by atoms with van der Waals surface area (Å²) in [6, 6.07) is 9.95. The van der Waals surface area contributed by atoms with Crippen LogP contribution in [0.25, 0.3) is 0 Å². The Morgan fingerprint density at radius 2 is 2.19 bits per heavy atom. The summed E-state index contributed by atoms with van der Waals surface area (Å²) in [5, 5.41) is 13.3. The zero-order chi connectivity index (χ0) is 14.8. The molecule has 0 bridgehead atoms. The molecular weight excluding hydrogens is 284 g/mol. The Morgan fingerprint density at radius 1 is 1.33 bits per heavy atom. The Labute approximate surface area is 129 Å². The summed E-state index contributed by atoms with van der Waals surface area (Å²) in [6.07, 6.45) is 1.78. The number of pyridine rings is 1. The lowest BCUT2D eigenvalue weighted by Gasteiger charge is -2.26. The molecule has 2 aromatic rings. The van der Waals surface area contributed by atoms with Gasteiger partial charge in [0.15, 0.2) is 5.11 Å². The van der Waals surface area contributed by atoms with Gasteiger partial charge in [-0.25, -0.2) is 0 Å². The predicted octanol–water partition coefficient (Wildman–Crippen LogP) is 1.68. The van der Waals surface area contributed by atoms with Gasteiger partial charge in [0, 0.05) is 24.1 Å². The lowest BCUT2D eigenvalue weighted by molar-refractivity contribution is 0.221. The monoisotopic (exact) mass is 302 g/mol. The van der Waals surface area contributed by atoms with E-state index >= 15 is 0 Å². The second-order valence-corrected chi connectivity index (χ2v) is 5.53. The molecule has 3 rings (SSSR count). The molecule has 2 atom stereocenters. The Hall–Kier alpha value is -1.92. The third kappa shape index (κ3) is 2.64. The first-order valence-corrected chi connectivity index (χ1v) is 7.36. The van der Waals surface area contributed by atoms with Crippen molar-refractivity contribution in [3.05, 3.63) is 53.6 Å². The van der Waals surface area contributed by atoms with Gasteiger partial charge in [0.05, 0.1) is 24.4 Å². The van der Waals surface area contributed by atoms with Gasteiger partial charge in [-0.1, -0.05) is 6.07 Å². The molecule has 0 aromatic carbocycles. The van der Waals surface area contributed by atoms with Crippen LogP contribution in [0.4, 0.5) is 0 Å². The fraction of sp³-hybridized carbons (Fsp3) is 0.333. The molecule has 2 aromatic heterocycles. The van der Waals surface area contributed by atoms with Crippen molar-refractivity contribution < 1.29 is 5.11 Å². The van der Waals surface area contributed by atoms with E-state index in [1.165, 1.54) is 0 Å². The summed E-state index contributed by atoms with van der Waals surface area (Å²) in [5.41, 5.74) is 3.12. The largest absolute Gasteiger partial charge is 0.395 e. The van der Waals surface area contributed by atoms with E-state index in [9.17, 15) is 5.11 Å². The number of β-amino-alcohol motifs (C(OH)–C–C–N with tert-alkyl or cyclic N) is 1. The molecule has 0 aliphatic carbocycles. The first-order valence-electron chi connectivity index (χ1n) is 6.95. The molecule has 0 amide bonds. The van der Waals surface area contributed by atoms with Crippen LogP contribution in [-0.4, -0.2) is 38.2 Å². The van der Waals surface area contributed by atoms with Crippen LogP contribution in [0.1, 0.15) is 29.2 Å². The summed E-state index contributed by atoms with van der Waals surface area (Å²) < 4.78 is 0. The fourth-order valence-electron chi connectivity index (χ4n) is 2.79. The summed E-state index contributed by atoms with van der Waals surface area (Å²) in [6.45, 7) is 2.58. The molecule has 0 unspecified atom stereocenters. The SMILES string of the molecule is Cc1ccc([C@H]2[C@H](c3ccccn3)NC(=S)N2CCO)[nH]1. The topological polar surface area (TPSA) is 64.2 Å². The van der Waals surface area contributed by atoms with E-state index in [4.69, 9.17) is 12.2 Å². The highest BCUT2D eigenvalue weighted by Gasteiger charge is 2.39. The Balaban J connectivity index is 2.00. The molecule has 6 heteroatoms. The number of nitrogens with one attached hydrogen (secondary N) is 2. The first kappa shape index (κ1) is 14.0. The first-order chi connectivity index (χ1) is 10.2. The molecule has 1 fully saturated rings. The minimum Gasteiger partial charge on any atom is -0.395 e. The fourth-order valence-corrected chi connectivity index (χ4v) is 3.12. The average molecular weight is 302 g/mol. The number of hydrogen-bond acceptors (Lipinski definition) is 3. The zero-order valence-electron chi connectivity index (χ0n) is 11.8. The van der Waals surface area contributed by atoms with Gasteiger partial charge in [-0.05, 0) is 43.4 Å². The van der Waals surface area contributed by atoms with E-state index in [0.29, 0.717) is 11.7 Å². The number of nitrogens with zero attached hydrogens (tertiary/aromatic N) is 2. The molecule has 5 nitrogen and oxygen atoms in total. The lowest BCUT2D eigenvalue weighted by Crippen LogP contribution is -2.32. The highest BCUT2D eigenvalue weighted by molar-refractivity contribution is 7.80. The second kappa shape index (κ2) is 5.83. The van der Waals surface area contributed by atoms with Gasteiger partial charge in [-0.2, -0.15) is 0 Å². The van der Waals surface area contributed by atoms with Gasteiger partial charge in [-0.15, -0.1) is 0 Å². The number of aliphatic hydroxyl groups is 1. The van der Waals surface area contributed by atoms with Crippen molar-refractivity contribution in [2.75, 3.05) is 13.2 Å². The minimum absolute atomic E-state index is 0.00764. The number of aryl methyl sites for hydroxylation is 1. The molecule has 0 radical (unpaired) electrons. The minimum atomic E-state index is -0.0247. The van der Waals surface area contributed by atoms with Gasteiger partial charge in [0.1, 0.15) is 0 Å². The summed E-state index contributed by atoms with van der Waals surface area (Å²) >= 11 is 5.43. The molecule has 1 saturated heterocycles. The van der Waals surface area contributed by atoms with E-state index in [1.807, 2.05) is 36.1 Å². The molecule has 1 aliphatic heterocycles. The number of aromatic amines is 1. The molecule has 3 heterocycles. The van der Waals surface area contributed by atoms with Crippen LogP contribution >= 0.6 is 12.2 Å². The van der Waals surface area contributed by atoms with Crippen LogP contribution in [0.5, 0.6) is 0 Å². The number of hydrogen-bond donors (Lipinski definition) is 3. The standard InChI is InChI=1S/C15H18N4OS/c1-10-5-6-12(17-10)14-13(11-4-2-3-7-16-11)18-15(21)19(14)8-9-20/h2-7,13-14,17,20H,8-9H2,1H3,(H,18,21)/t13-,14-/m0/s1. The summed E-state index contributed by atoms with van der Waals surface area (Å²) in [5.74, 6) is 0. The van der Waals surface area contributed by atoms with E-state index in [2.05, 4.69) is 21.4 Å². The molecule has 110 valence electrons. The van der Waals surface area contributed by atoms with Crippen LogP contribution in [-0.2, 0) is 0 Å². The highest BCUT2D eigenvalue weighted by Crippen LogP contribution is 2.37. The summed E-state index contributed by atoms with van der Waals surface area (Å²) in [4.78, 5) is 9.84. The maximum absolute atomic E-state index is 9.32. The maximum Gasteiger partial charge on any atom is 0.170 e. The van der Waals surface area contributed by atoms with Crippen LogP contribution in [0.3, 0.4) is 0 Å². The van der Waals surface area contributed by atoms with Crippen LogP contribution in [0.15, 0.2) is 36.5 Å². The van der Waals surface area contributed by atoms with Crippen LogP contribution in [0, 0.1) is 6.92 Å². The number of rotatable bonds is 4. The Bertz CT molecular complexity index is 628. The van der Waals surface area contributed by atoms with E-state index in [1.54, 1.807) is 6.20 Å². The van der Waals surface area contributed by atoms with Crippen molar-refractivity contribution in [2.24, 2.45) is 0 Å². The van der Waals surface area contributed by atoms with Crippen molar-refractivity contribution in [3.63, 3.8) is 0 Å². The molecule has 0 spiro atoms. The number of thiocarbonyl (C=S) groups is 1. The van der Waals surface area contributed by atoms with E-state index in [0.717, 1.165) is 17.1 Å². The number of aromatic nitrogens is 2. The lowest BCUT2D eigenvalue weighted by atomic mass is 10.0. The molecule has 21 heavy (non-hydrogen) atoms. The summed E-state index contributed by atoms with van der Waals surface area (Å²) in [7, 11) is 0. The second-order valence-electron chi connectivity index (χ2n) is 5.14. The van der Waals surface area contributed by atoms with E-state index < -0.39 is 0 Å². The average Bonchev–Trinajstić information content (AvgIpc) is 3.05. The van der Waals surface area contributed by atoms with Gasteiger partial charge in [0.2, 0.25) is 0 Å². The molecular formula is C15H18N4OS. The number of aliphatic hydroxyl groups excluding tert-OH is 1. The maximum atomic E-state index is 9.32. The third-order valence-corrected chi connectivity index (χ3v) is 4.06. The Morgan fingerprint density at radius 3 is 2.81 bits per heavy atom. The van der Waals surface area contributed by atoms with Crippen molar-refractivity contribution >= 4 is 17.3 Å². The van der Waals surface area contributed by atoms with Crippen molar-refractivity contribution in [1.29, 1.82) is 0 Å². The molecule has 0 saturated carbocycles. The van der Waals surface area contributed by atoms with E-state index in [-0.39, 0.29) is 18.7 Å².